The van der Waals surface area contributed by atoms with E-state index in [1.165, 1.54) is 17.6 Å². The summed E-state index contributed by atoms with van der Waals surface area (Å²) in [4.78, 5) is 16.5. The summed E-state index contributed by atoms with van der Waals surface area (Å²) in [6, 6.07) is 10.2. The zero-order valence-electron chi connectivity index (χ0n) is 15.2. The summed E-state index contributed by atoms with van der Waals surface area (Å²) in [5.41, 5.74) is 0.497. The molecule has 0 atom stereocenters. The average molecular weight is 389 g/mol. The Bertz CT molecular complexity index is 879. The molecular formula is C19H23N3O4S. The quantitative estimate of drug-likeness (QED) is 0.815. The zero-order valence-corrected chi connectivity index (χ0v) is 16.0. The van der Waals surface area contributed by atoms with Crippen LogP contribution in [-0.2, 0) is 10.0 Å². The van der Waals surface area contributed by atoms with Gasteiger partial charge in [0.05, 0.1) is 12.7 Å². The minimum Gasteiger partial charge on any atom is -0.496 e. The van der Waals surface area contributed by atoms with Crippen LogP contribution in [0.25, 0.3) is 0 Å². The Morgan fingerprint density at radius 2 is 1.96 bits per heavy atom. The normalized spacial score (nSPS) is 16.0. The minimum absolute atomic E-state index is 0.183. The van der Waals surface area contributed by atoms with Gasteiger partial charge in [-0.2, -0.15) is 4.31 Å². The summed E-state index contributed by atoms with van der Waals surface area (Å²) in [7, 11) is -1.97. The van der Waals surface area contributed by atoms with E-state index in [2.05, 4.69) is 10.3 Å². The summed E-state index contributed by atoms with van der Waals surface area (Å²) in [6.45, 7) is 1.39. The van der Waals surface area contributed by atoms with Crippen LogP contribution in [0.4, 0.5) is 0 Å². The van der Waals surface area contributed by atoms with E-state index in [0.717, 1.165) is 0 Å². The Morgan fingerprint density at radius 3 is 2.63 bits per heavy atom. The number of piperidine rings is 1. The molecule has 1 saturated heterocycles. The predicted molar refractivity (Wildman–Crippen MR) is 101 cm³/mol. The van der Waals surface area contributed by atoms with Crippen molar-refractivity contribution in [1.29, 1.82) is 0 Å². The van der Waals surface area contributed by atoms with Gasteiger partial charge in [0, 0.05) is 32.0 Å². The fourth-order valence-electron chi connectivity index (χ4n) is 3.17. The Kier molecular flexibility index (Phi) is 6.08. The van der Waals surface area contributed by atoms with Gasteiger partial charge in [-0.05, 0) is 43.0 Å². The van der Waals surface area contributed by atoms with Crippen molar-refractivity contribution in [2.24, 2.45) is 5.92 Å². The molecule has 1 aliphatic heterocycles. The van der Waals surface area contributed by atoms with E-state index in [0.29, 0.717) is 43.8 Å². The zero-order chi connectivity index (χ0) is 19.3. The molecule has 0 bridgehead atoms. The van der Waals surface area contributed by atoms with Gasteiger partial charge in [-0.25, -0.2) is 8.42 Å². The molecular weight excluding hydrogens is 366 g/mol. The summed E-state index contributed by atoms with van der Waals surface area (Å²) in [5, 5.41) is 2.93. The highest BCUT2D eigenvalue weighted by molar-refractivity contribution is 7.89. The summed E-state index contributed by atoms with van der Waals surface area (Å²) in [6.07, 6.45) is 4.32. The lowest BCUT2D eigenvalue weighted by atomic mass is 9.98. The third-order valence-corrected chi connectivity index (χ3v) is 6.63. The largest absolute Gasteiger partial charge is 0.496 e. The van der Waals surface area contributed by atoms with Crippen LogP contribution in [0.15, 0.2) is 53.7 Å². The third-order valence-electron chi connectivity index (χ3n) is 4.75. The number of sulfonamides is 1. The van der Waals surface area contributed by atoms with Crippen molar-refractivity contribution < 1.29 is 17.9 Å². The van der Waals surface area contributed by atoms with E-state index in [4.69, 9.17) is 4.74 Å². The molecule has 7 nitrogen and oxygen atoms in total. The molecule has 144 valence electrons. The van der Waals surface area contributed by atoms with Gasteiger partial charge in [0.15, 0.2) is 0 Å². The van der Waals surface area contributed by atoms with Crippen LogP contribution in [0.3, 0.4) is 0 Å². The van der Waals surface area contributed by atoms with E-state index in [1.54, 1.807) is 36.5 Å². The highest BCUT2D eigenvalue weighted by atomic mass is 32.2. The van der Waals surface area contributed by atoms with Gasteiger partial charge in [0.1, 0.15) is 10.6 Å². The van der Waals surface area contributed by atoms with Gasteiger partial charge in [-0.1, -0.05) is 12.1 Å². The Hall–Kier alpha value is -2.45. The molecule has 1 aliphatic rings. The number of hydrogen-bond acceptors (Lipinski definition) is 5. The van der Waals surface area contributed by atoms with Crippen molar-refractivity contribution in [1.82, 2.24) is 14.6 Å². The van der Waals surface area contributed by atoms with Gasteiger partial charge in [0.25, 0.3) is 5.91 Å². The number of hydrogen-bond donors (Lipinski definition) is 1. The molecule has 3 rings (SSSR count). The number of nitrogens with one attached hydrogen (secondary N) is 1. The van der Waals surface area contributed by atoms with E-state index in [-0.39, 0.29) is 16.7 Å². The maximum Gasteiger partial charge on any atom is 0.255 e. The van der Waals surface area contributed by atoms with Gasteiger partial charge in [0.2, 0.25) is 10.0 Å². The molecule has 1 N–H and O–H groups in total. The van der Waals surface area contributed by atoms with Crippen LogP contribution in [0, 0.1) is 5.92 Å². The number of pyridine rings is 1. The van der Waals surface area contributed by atoms with Crippen molar-refractivity contribution in [3.63, 3.8) is 0 Å². The lowest BCUT2D eigenvalue weighted by molar-refractivity contribution is 0.0938. The molecule has 1 aromatic carbocycles. The highest BCUT2D eigenvalue weighted by Gasteiger charge is 2.29. The molecule has 1 aromatic heterocycles. The molecule has 0 aliphatic carbocycles. The molecule has 2 heterocycles. The molecule has 0 saturated carbocycles. The second kappa shape index (κ2) is 8.49. The lowest BCUT2D eigenvalue weighted by Crippen LogP contribution is -2.41. The van der Waals surface area contributed by atoms with E-state index >= 15 is 0 Å². The van der Waals surface area contributed by atoms with Crippen molar-refractivity contribution in [3.05, 3.63) is 54.4 Å². The molecule has 8 heteroatoms. The molecule has 27 heavy (non-hydrogen) atoms. The van der Waals surface area contributed by atoms with E-state index in [9.17, 15) is 13.2 Å². The SMILES string of the molecule is COc1ccccc1C(=O)NCC1CCN(S(=O)(=O)c2cccnc2)CC1. The second-order valence-corrected chi connectivity index (χ2v) is 8.38. The number of aromatic nitrogens is 1. The number of ether oxygens (including phenoxy) is 1. The first-order valence-corrected chi connectivity index (χ1v) is 10.3. The predicted octanol–water partition coefficient (Wildman–Crippen LogP) is 1.92. The molecule has 1 amide bonds. The van der Waals surface area contributed by atoms with Gasteiger partial charge in [-0.15, -0.1) is 0 Å². The van der Waals surface area contributed by atoms with Crippen molar-refractivity contribution in [2.75, 3.05) is 26.7 Å². The summed E-state index contributed by atoms with van der Waals surface area (Å²) in [5.74, 6) is 0.592. The highest BCUT2D eigenvalue weighted by Crippen LogP contribution is 2.23. The molecule has 0 radical (unpaired) electrons. The summed E-state index contributed by atoms with van der Waals surface area (Å²) < 4.78 is 31.9. The first kappa shape index (κ1) is 19.3. The van der Waals surface area contributed by atoms with E-state index < -0.39 is 10.0 Å². The maximum absolute atomic E-state index is 12.6. The fraction of sp³-hybridized carbons (Fsp3) is 0.368. The number of rotatable bonds is 6. The number of amides is 1. The molecule has 0 spiro atoms. The number of carbonyl (C=O) groups excluding carboxylic acids is 1. The maximum atomic E-state index is 12.6. The van der Waals surface area contributed by atoms with Crippen LogP contribution in [-0.4, -0.2) is 50.4 Å². The Morgan fingerprint density at radius 1 is 1.22 bits per heavy atom. The number of methoxy groups -OCH3 is 1. The monoisotopic (exact) mass is 389 g/mol. The number of para-hydroxylation sites is 1. The Balaban J connectivity index is 1.53. The molecule has 2 aromatic rings. The van der Waals surface area contributed by atoms with Gasteiger partial charge >= 0.3 is 0 Å². The minimum atomic E-state index is -3.50. The standard InChI is InChI=1S/C19H23N3O4S/c1-26-18-7-3-2-6-17(18)19(23)21-13-15-8-11-22(12-9-15)27(24,25)16-5-4-10-20-14-16/h2-7,10,14-15H,8-9,11-13H2,1H3,(H,21,23). The topological polar surface area (TPSA) is 88.6 Å². The Labute approximate surface area is 159 Å². The second-order valence-electron chi connectivity index (χ2n) is 6.45. The van der Waals surface area contributed by atoms with E-state index in [1.807, 2.05) is 6.07 Å². The van der Waals surface area contributed by atoms with Crippen LogP contribution in [0.1, 0.15) is 23.2 Å². The van der Waals surface area contributed by atoms with Gasteiger partial charge in [-0.3, -0.25) is 9.78 Å². The van der Waals surface area contributed by atoms with Crippen LogP contribution in [0.2, 0.25) is 0 Å². The van der Waals surface area contributed by atoms with Crippen LogP contribution >= 0.6 is 0 Å². The first-order valence-electron chi connectivity index (χ1n) is 8.84. The summed E-state index contributed by atoms with van der Waals surface area (Å²) >= 11 is 0. The average Bonchev–Trinajstić information content (AvgIpc) is 2.73. The number of carbonyl (C=O) groups is 1. The lowest BCUT2D eigenvalue weighted by Gasteiger charge is -2.31. The third kappa shape index (κ3) is 4.45. The molecule has 1 fully saturated rings. The van der Waals surface area contributed by atoms with Crippen molar-refractivity contribution in [2.45, 2.75) is 17.7 Å². The number of benzene rings is 1. The smallest absolute Gasteiger partial charge is 0.255 e. The fourth-order valence-corrected chi connectivity index (χ4v) is 4.60. The molecule has 0 unspecified atom stereocenters. The van der Waals surface area contributed by atoms with Crippen LogP contribution in [0.5, 0.6) is 5.75 Å². The van der Waals surface area contributed by atoms with Gasteiger partial charge < -0.3 is 10.1 Å². The van der Waals surface area contributed by atoms with Crippen molar-refractivity contribution in [3.8, 4) is 5.75 Å². The first-order chi connectivity index (χ1) is 13.0. The van der Waals surface area contributed by atoms with Crippen LogP contribution < -0.4 is 10.1 Å². The van der Waals surface area contributed by atoms with Crippen molar-refractivity contribution >= 4 is 15.9 Å². The number of nitrogens with zero attached hydrogens (tertiary/aromatic N) is 2.